The van der Waals surface area contributed by atoms with Crippen molar-refractivity contribution in [2.75, 3.05) is 7.05 Å². The summed E-state index contributed by atoms with van der Waals surface area (Å²) in [6.45, 7) is 0. The van der Waals surface area contributed by atoms with Gasteiger partial charge in [0, 0.05) is 24.5 Å². The fourth-order valence-corrected chi connectivity index (χ4v) is 1.50. The van der Waals surface area contributed by atoms with Crippen molar-refractivity contribution in [3.05, 3.63) is 72.2 Å². The minimum absolute atomic E-state index is 0.0531. The van der Waals surface area contributed by atoms with Crippen LogP contribution in [0.2, 0.25) is 0 Å². The first-order chi connectivity index (χ1) is 7.77. The smallest absolute Gasteiger partial charge is 0.185 e. The van der Waals surface area contributed by atoms with E-state index in [-0.39, 0.29) is 5.78 Å². The third-order valence-corrected chi connectivity index (χ3v) is 2.45. The average molecular weight is 211 g/mol. The van der Waals surface area contributed by atoms with E-state index in [0.29, 0.717) is 5.57 Å². The Balaban J connectivity index is 2.19. The zero-order valence-corrected chi connectivity index (χ0v) is 9.13. The van der Waals surface area contributed by atoms with Gasteiger partial charge in [0.05, 0.1) is 0 Å². The molecule has 1 aliphatic carbocycles. The first kappa shape index (κ1) is 10.4. The molecule has 0 spiro atoms. The van der Waals surface area contributed by atoms with E-state index in [0.717, 1.165) is 5.70 Å². The van der Waals surface area contributed by atoms with Gasteiger partial charge in [0.15, 0.2) is 5.78 Å². The fourth-order valence-electron chi connectivity index (χ4n) is 1.50. The maximum atomic E-state index is 11.5. The molecule has 16 heavy (non-hydrogen) atoms. The van der Waals surface area contributed by atoms with E-state index in [9.17, 15) is 4.79 Å². The Bertz CT molecular complexity index is 473. The number of carbonyl (C=O) groups excluding carboxylic acids is 1. The van der Waals surface area contributed by atoms with Crippen LogP contribution in [0.5, 0.6) is 0 Å². The van der Waals surface area contributed by atoms with Gasteiger partial charge in [-0.25, -0.2) is 0 Å². The first-order valence-corrected chi connectivity index (χ1v) is 5.16. The van der Waals surface area contributed by atoms with Crippen molar-refractivity contribution < 1.29 is 4.79 Å². The number of ketones is 1. The monoisotopic (exact) mass is 211 g/mol. The van der Waals surface area contributed by atoms with E-state index in [4.69, 9.17) is 0 Å². The summed E-state index contributed by atoms with van der Waals surface area (Å²) >= 11 is 0. The zero-order chi connectivity index (χ0) is 11.4. The van der Waals surface area contributed by atoms with Crippen LogP contribution in [0, 0.1) is 0 Å². The van der Waals surface area contributed by atoms with Crippen LogP contribution in [0.4, 0.5) is 0 Å². The van der Waals surface area contributed by atoms with Crippen LogP contribution >= 0.6 is 0 Å². The third-order valence-electron chi connectivity index (χ3n) is 2.45. The van der Waals surface area contributed by atoms with Gasteiger partial charge in [-0.2, -0.15) is 0 Å². The lowest BCUT2D eigenvalue weighted by Crippen LogP contribution is -2.10. The number of nitrogens with zero attached hydrogens (tertiary/aromatic N) is 1. The molecule has 0 aromatic heterocycles. The number of hydrogen-bond acceptors (Lipinski definition) is 2. The lowest BCUT2D eigenvalue weighted by molar-refractivity contribution is -0.111. The Morgan fingerprint density at radius 2 is 1.75 bits per heavy atom. The van der Waals surface area contributed by atoms with Gasteiger partial charge in [-0.05, 0) is 30.4 Å². The Hall–Kier alpha value is -2.09. The van der Waals surface area contributed by atoms with Crippen LogP contribution in [0.3, 0.4) is 0 Å². The summed E-state index contributed by atoms with van der Waals surface area (Å²) in [6, 6.07) is 0. The molecule has 2 heteroatoms. The van der Waals surface area contributed by atoms with Gasteiger partial charge >= 0.3 is 0 Å². The van der Waals surface area contributed by atoms with Gasteiger partial charge in [-0.3, -0.25) is 4.79 Å². The Kier molecular flexibility index (Phi) is 3.01. The molecule has 1 heterocycles. The largest absolute Gasteiger partial charge is 0.351 e. The fraction of sp³-hybridized carbons (Fsp3) is 0.0714. The molecule has 0 unspecified atom stereocenters. The minimum Gasteiger partial charge on any atom is -0.351 e. The van der Waals surface area contributed by atoms with Crippen molar-refractivity contribution in [1.29, 1.82) is 0 Å². The van der Waals surface area contributed by atoms with Crippen LogP contribution in [0.1, 0.15) is 0 Å². The molecule has 2 nitrogen and oxygen atoms in total. The van der Waals surface area contributed by atoms with E-state index in [1.54, 1.807) is 12.2 Å². The molecule has 2 rings (SSSR count). The van der Waals surface area contributed by atoms with Crippen molar-refractivity contribution in [3.63, 3.8) is 0 Å². The Labute approximate surface area is 95.3 Å². The maximum absolute atomic E-state index is 11.5. The molecule has 0 radical (unpaired) electrons. The second kappa shape index (κ2) is 4.62. The highest BCUT2D eigenvalue weighted by molar-refractivity contribution is 6.07. The summed E-state index contributed by atoms with van der Waals surface area (Å²) in [7, 11) is 1.97. The van der Waals surface area contributed by atoms with Crippen LogP contribution < -0.4 is 0 Å². The molecule has 0 saturated heterocycles. The molecule has 80 valence electrons. The zero-order valence-electron chi connectivity index (χ0n) is 9.13. The lowest BCUT2D eigenvalue weighted by atomic mass is 10.1. The molecule has 0 saturated carbocycles. The number of carbonyl (C=O) groups is 1. The number of allylic oxidation sites excluding steroid dienone is 10. The van der Waals surface area contributed by atoms with Gasteiger partial charge in [0.25, 0.3) is 0 Å². The summed E-state index contributed by atoms with van der Waals surface area (Å²) in [4.78, 5) is 13.5. The normalized spacial score (nSPS) is 23.8. The van der Waals surface area contributed by atoms with Crippen LogP contribution in [-0.2, 0) is 4.79 Å². The number of hydrogen-bond donors (Lipinski definition) is 0. The summed E-state index contributed by atoms with van der Waals surface area (Å²) in [5.74, 6) is 0.0531. The summed E-state index contributed by atoms with van der Waals surface area (Å²) < 4.78 is 0. The number of rotatable bonds is 1. The third kappa shape index (κ3) is 2.28. The molecule has 0 N–H and O–H groups in total. The molecule has 0 fully saturated rings. The van der Waals surface area contributed by atoms with Crippen molar-refractivity contribution in [2.45, 2.75) is 0 Å². The van der Waals surface area contributed by atoms with Crippen molar-refractivity contribution in [2.24, 2.45) is 0 Å². The molecule has 2 aliphatic rings. The molecular weight excluding hydrogens is 198 g/mol. The lowest BCUT2D eigenvalue weighted by Gasteiger charge is -2.17. The second-order valence-electron chi connectivity index (χ2n) is 3.61. The SMILES string of the molecule is CN1C=CC=C/C1=C/C=C1\C=CC=CC1=O. The highest BCUT2D eigenvalue weighted by Crippen LogP contribution is 2.12. The molecule has 0 amide bonds. The molecule has 0 aromatic rings. The van der Waals surface area contributed by atoms with Gasteiger partial charge in [0.1, 0.15) is 0 Å². The standard InChI is InChI=1S/C14H13NO/c1-15-11-5-4-7-13(15)10-9-12-6-2-3-8-14(12)16/h2-11H,1H3/b12-9+,13-10-. The van der Waals surface area contributed by atoms with Crippen LogP contribution in [0.25, 0.3) is 0 Å². The quantitative estimate of drug-likeness (QED) is 0.621. The van der Waals surface area contributed by atoms with Gasteiger partial charge in [-0.15, -0.1) is 0 Å². The second-order valence-corrected chi connectivity index (χ2v) is 3.61. The average Bonchev–Trinajstić information content (AvgIpc) is 2.30. The Morgan fingerprint density at radius 1 is 1.00 bits per heavy atom. The van der Waals surface area contributed by atoms with Crippen molar-refractivity contribution >= 4 is 5.78 Å². The first-order valence-electron chi connectivity index (χ1n) is 5.16. The van der Waals surface area contributed by atoms with E-state index in [2.05, 4.69) is 0 Å². The highest BCUT2D eigenvalue weighted by Gasteiger charge is 2.04. The predicted molar refractivity (Wildman–Crippen MR) is 65.5 cm³/mol. The van der Waals surface area contributed by atoms with Crippen LogP contribution in [-0.4, -0.2) is 17.7 Å². The van der Waals surface area contributed by atoms with Gasteiger partial charge in [-0.1, -0.05) is 24.3 Å². The molecule has 0 atom stereocenters. The number of likely N-dealkylation sites (N-methyl/N-ethyl adjacent to an activating group) is 1. The molecule has 1 aliphatic heterocycles. The maximum Gasteiger partial charge on any atom is 0.185 e. The predicted octanol–water partition coefficient (Wildman–Crippen LogP) is 2.51. The topological polar surface area (TPSA) is 20.3 Å². The van der Waals surface area contributed by atoms with Gasteiger partial charge < -0.3 is 4.90 Å². The molecule has 0 bridgehead atoms. The minimum atomic E-state index is 0.0531. The van der Waals surface area contributed by atoms with E-state index < -0.39 is 0 Å². The highest BCUT2D eigenvalue weighted by atomic mass is 16.1. The molecule has 0 aromatic carbocycles. The van der Waals surface area contributed by atoms with Crippen molar-refractivity contribution in [3.8, 4) is 0 Å². The summed E-state index contributed by atoms with van der Waals surface area (Å²) in [6.07, 6.45) is 18.7. The van der Waals surface area contributed by atoms with E-state index in [1.807, 2.05) is 60.7 Å². The van der Waals surface area contributed by atoms with Crippen molar-refractivity contribution in [1.82, 2.24) is 4.90 Å². The van der Waals surface area contributed by atoms with E-state index in [1.165, 1.54) is 0 Å². The molecular formula is C14H13NO. The van der Waals surface area contributed by atoms with Crippen LogP contribution in [0.15, 0.2) is 72.2 Å². The summed E-state index contributed by atoms with van der Waals surface area (Å²) in [5, 5.41) is 0. The Morgan fingerprint density at radius 3 is 2.50 bits per heavy atom. The van der Waals surface area contributed by atoms with Gasteiger partial charge in [0.2, 0.25) is 0 Å². The van der Waals surface area contributed by atoms with E-state index >= 15 is 0 Å². The summed E-state index contributed by atoms with van der Waals surface area (Å²) in [5.41, 5.74) is 1.78.